The maximum absolute atomic E-state index is 11.8. The van der Waals surface area contributed by atoms with Crippen molar-refractivity contribution in [3.05, 3.63) is 23.8 Å². The highest BCUT2D eigenvalue weighted by Crippen LogP contribution is 2.32. The summed E-state index contributed by atoms with van der Waals surface area (Å²) in [4.78, 5) is 11.8. The van der Waals surface area contributed by atoms with Crippen LogP contribution in [0.15, 0.2) is 18.2 Å². The van der Waals surface area contributed by atoms with E-state index in [2.05, 4.69) is 10.0 Å². The van der Waals surface area contributed by atoms with E-state index in [1.165, 1.54) is 0 Å². The zero-order chi connectivity index (χ0) is 16.2. The van der Waals surface area contributed by atoms with Crippen LogP contribution in [0.5, 0.6) is 11.5 Å². The van der Waals surface area contributed by atoms with Gasteiger partial charge in [-0.3, -0.25) is 4.79 Å². The van der Waals surface area contributed by atoms with Gasteiger partial charge in [-0.1, -0.05) is 6.07 Å². The molecule has 0 bridgehead atoms. The van der Waals surface area contributed by atoms with Crippen molar-refractivity contribution >= 4 is 15.9 Å². The lowest BCUT2D eigenvalue weighted by molar-refractivity contribution is -0.121. The third kappa shape index (κ3) is 4.88. The van der Waals surface area contributed by atoms with Crippen LogP contribution in [0, 0.1) is 0 Å². The first-order chi connectivity index (χ1) is 10.3. The van der Waals surface area contributed by atoms with E-state index in [-0.39, 0.29) is 24.9 Å². The molecule has 1 heterocycles. The van der Waals surface area contributed by atoms with Crippen molar-refractivity contribution in [3.63, 3.8) is 0 Å². The van der Waals surface area contributed by atoms with E-state index in [9.17, 15) is 13.2 Å². The average molecular weight is 328 g/mol. The Morgan fingerprint density at radius 1 is 1.27 bits per heavy atom. The second-order valence-corrected chi connectivity index (χ2v) is 6.94. The monoisotopic (exact) mass is 328 g/mol. The predicted octanol–water partition coefficient (Wildman–Crippen LogP) is 0.574. The molecule has 7 nitrogen and oxygen atoms in total. The minimum Gasteiger partial charge on any atom is -0.486 e. The molecule has 0 saturated heterocycles. The van der Waals surface area contributed by atoms with Crippen LogP contribution < -0.4 is 19.5 Å². The zero-order valence-electron chi connectivity index (χ0n) is 12.6. The fraction of sp³-hybridized carbons (Fsp3) is 0.500. The molecule has 0 spiro atoms. The highest BCUT2D eigenvalue weighted by molar-refractivity contribution is 7.88. The van der Waals surface area contributed by atoms with Crippen LogP contribution in [0.2, 0.25) is 0 Å². The van der Waals surface area contributed by atoms with Gasteiger partial charge in [0.05, 0.1) is 12.3 Å². The first-order valence-corrected chi connectivity index (χ1v) is 8.88. The van der Waals surface area contributed by atoms with Crippen LogP contribution in [-0.4, -0.2) is 40.3 Å². The molecule has 2 rings (SSSR count). The van der Waals surface area contributed by atoms with Gasteiger partial charge < -0.3 is 14.8 Å². The van der Waals surface area contributed by atoms with E-state index in [1.54, 1.807) is 0 Å². The van der Waals surface area contributed by atoms with E-state index in [0.29, 0.717) is 24.7 Å². The van der Waals surface area contributed by atoms with E-state index in [4.69, 9.17) is 9.47 Å². The molecule has 1 amide bonds. The molecule has 0 radical (unpaired) electrons. The van der Waals surface area contributed by atoms with Crippen molar-refractivity contribution < 1.29 is 22.7 Å². The van der Waals surface area contributed by atoms with Gasteiger partial charge in [0.15, 0.2) is 11.5 Å². The Hall–Kier alpha value is -1.80. The van der Waals surface area contributed by atoms with Crippen LogP contribution in [0.3, 0.4) is 0 Å². The summed E-state index contributed by atoms with van der Waals surface area (Å²) in [6, 6.07) is 5.32. The molecule has 122 valence electrons. The van der Waals surface area contributed by atoms with Gasteiger partial charge >= 0.3 is 0 Å². The summed E-state index contributed by atoms with van der Waals surface area (Å²) in [5.41, 5.74) is 0.897. The Balaban J connectivity index is 1.89. The van der Waals surface area contributed by atoms with Crippen molar-refractivity contribution in [2.45, 2.75) is 19.4 Å². The van der Waals surface area contributed by atoms with E-state index >= 15 is 0 Å². The molecule has 1 aliphatic heterocycles. The highest BCUT2D eigenvalue weighted by Gasteiger charge is 2.15. The largest absolute Gasteiger partial charge is 0.486 e. The van der Waals surface area contributed by atoms with Gasteiger partial charge in [-0.25, -0.2) is 13.1 Å². The van der Waals surface area contributed by atoms with E-state index in [1.807, 2.05) is 25.1 Å². The molecule has 2 N–H and O–H groups in total. The Morgan fingerprint density at radius 2 is 1.95 bits per heavy atom. The second-order valence-electron chi connectivity index (χ2n) is 5.11. The molecular formula is C14H20N2O5S. The SMILES string of the molecule is C[C@@H](NC(=O)CCNS(C)(=O)=O)c1ccc2c(c1)OCCO2. The maximum Gasteiger partial charge on any atom is 0.221 e. The lowest BCUT2D eigenvalue weighted by Crippen LogP contribution is -2.31. The van der Waals surface area contributed by atoms with Crippen molar-refractivity contribution in [1.29, 1.82) is 0 Å². The first-order valence-electron chi connectivity index (χ1n) is 6.99. The molecule has 0 aromatic heterocycles. The summed E-state index contributed by atoms with van der Waals surface area (Å²) >= 11 is 0. The number of ether oxygens (including phenoxy) is 2. The first kappa shape index (κ1) is 16.6. The molecule has 0 saturated carbocycles. The number of rotatable bonds is 6. The molecule has 0 fully saturated rings. The third-order valence-corrected chi connectivity index (χ3v) is 3.89. The van der Waals surface area contributed by atoms with Crippen LogP contribution in [-0.2, 0) is 14.8 Å². The van der Waals surface area contributed by atoms with Crippen molar-refractivity contribution in [2.24, 2.45) is 0 Å². The smallest absolute Gasteiger partial charge is 0.221 e. The molecule has 0 unspecified atom stereocenters. The molecule has 22 heavy (non-hydrogen) atoms. The van der Waals surface area contributed by atoms with Gasteiger partial charge in [0.2, 0.25) is 15.9 Å². The minimum absolute atomic E-state index is 0.0819. The normalized spacial score (nSPS) is 15.2. The van der Waals surface area contributed by atoms with Gasteiger partial charge in [-0.05, 0) is 24.6 Å². The van der Waals surface area contributed by atoms with Gasteiger partial charge in [-0.15, -0.1) is 0 Å². The van der Waals surface area contributed by atoms with Crippen molar-refractivity contribution in [2.75, 3.05) is 26.0 Å². The highest BCUT2D eigenvalue weighted by atomic mass is 32.2. The summed E-state index contributed by atoms with van der Waals surface area (Å²) in [5.74, 6) is 1.15. The summed E-state index contributed by atoms with van der Waals surface area (Å²) in [5, 5.41) is 2.82. The number of sulfonamides is 1. The maximum atomic E-state index is 11.8. The average Bonchev–Trinajstić information content (AvgIpc) is 2.45. The van der Waals surface area contributed by atoms with Crippen molar-refractivity contribution in [1.82, 2.24) is 10.0 Å². The van der Waals surface area contributed by atoms with Gasteiger partial charge in [0, 0.05) is 13.0 Å². The Morgan fingerprint density at radius 3 is 2.64 bits per heavy atom. The summed E-state index contributed by atoms with van der Waals surface area (Å²) < 4.78 is 35.1. The number of benzene rings is 1. The topological polar surface area (TPSA) is 93.7 Å². The second kappa shape index (κ2) is 6.97. The van der Waals surface area contributed by atoms with E-state index in [0.717, 1.165) is 11.8 Å². The Kier molecular flexibility index (Phi) is 5.25. The lowest BCUT2D eigenvalue weighted by Gasteiger charge is -2.21. The fourth-order valence-corrected chi connectivity index (χ4v) is 2.55. The standard InChI is InChI=1S/C14H20N2O5S/c1-10(16-14(17)5-6-15-22(2,18)19)11-3-4-12-13(9-11)21-8-7-20-12/h3-4,9-10,15H,5-8H2,1-2H3,(H,16,17)/t10-/m1/s1. The molecule has 1 aromatic carbocycles. The minimum atomic E-state index is -3.27. The summed E-state index contributed by atoms with van der Waals surface area (Å²) in [6.07, 6.45) is 1.14. The van der Waals surface area contributed by atoms with Crippen LogP contribution >= 0.6 is 0 Å². The number of nitrogens with one attached hydrogen (secondary N) is 2. The number of carbonyl (C=O) groups is 1. The van der Waals surface area contributed by atoms with Gasteiger partial charge in [0.25, 0.3) is 0 Å². The quantitative estimate of drug-likeness (QED) is 0.796. The fourth-order valence-electron chi connectivity index (χ4n) is 2.08. The summed E-state index contributed by atoms with van der Waals surface area (Å²) in [6.45, 7) is 2.98. The van der Waals surface area contributed by atoms with Gasteiger partial charge in [-0.2, -0.15) is 0 Å². The Bertz CT molecular complexity index is 645. The number of amides is 1. The molecule has 8 heteroatoms. The molecular weight excluding hydrogens is 308 g/mol. The molecule has 1 aliphatic rings. The lowest BCUT2D eigenvalue weighted by atomic mass is 10.1. The molecule has 1 atom stereocenters. The van der Waals surface area contributed by atoms with Gasteiger partial charge in [0.1, 0.15) is 13.2 Å². The van der Waals surface area contributed by atoms with Crippen LogP contribution in [0.4, 0.5) is 0 Å². The third-order valence-electron chi connectivity index (χ3n) is 3.16. The number of fused-ring (bicyclic) bond motifs is 1. The Labute approximate surface area is 130 Å². The number of hydrogen-bond donors (Lipinski definition) is 2. The zero-order valence-corrected chi connectivity index (χ0v) is 13.4. The molecule has 0 aliphatic carbocycles. The van der Waals surface area contributed by atoms with Crippen LogP contribution in [0.25, 0.3) is 0 Å². The number of carbonyl (C=O) groups excluding carboxylic acids is 1. The predicted molar refractivity (Wildman–Crippen MR) is 81.5 cm³/mol. The van der Waals surface area contributed by atoms with E-state index < -0.39 is 10.0 Å². The van der Waals surface area contributed by atoms with Crippen molar-refractivity contribution in [3.8, 4) is 11.5 Å². The van der Waals surface area contributed by atoms with Crippen LogP contribution in [0.1, 0.15) is 24.9 Å². The molecule has 1 aromatic rings. The summed E-state index contributed by atoms with van der Waals surface area (Å²) in [7, 11) is -3.27. The number of hydrogen-bond acceptors (Lipinski definition) is 5.